The maximum atomic E-state index is 13.6. The molecule has 0 bridgehead atoms. The third kappa shape index (κ3) is 3.13. The fourth-order valence-corrected chi connectivity index (χ4v) is 2.80. The van der Waals surface area contributed by atoms with Crippen molar-refractivity contribution < 1.29 is 17.2 Å². The first-order valence-corrected chi connectivity index (χ1v) is 7.53. The maximum Gasteiger partial charge on any atom is 0.262 e. The highest BCUT2D eigenvalue weighted by molar-refractivity contribution is 7.92. The zero-order chi connectivity index (χ0) is 15.8. The summed E-state index contributed by atoms with van der Waals surface area (Å²) in [4.78, 5) is -0.316. The minimum absolute atomic E-state index is 0.0328. The van der Waals surface area contributed by atoms with Gasteiger partial charge in [-0.05, 0) is 43.7 Å². The highest BCUT2D eigenvalue weighted by atomic mass is 32.2. The Hall–Kier alpha value is -2.15. The molecule has 0 aliphatic rings. The van der Waals surface area contributed by atoms with Crippen LogP contribution in [0.1, 0.15) is 11.1 Å². The van der Waals surface area contributed by atoms with E-state index in [1.165, 1.54) is 19.1 Å². The van der Waals surface area contributed by atoms with Gasteiger partial charge < -0.3 is 5.73 Å². The molecule has 0 fully saturated rings. The number of anilines is 2. The fourth-order valence-electron chi connectivity index (χ4n) is 1.70. The minimum Gasteiger partial charge on any atom is -0.398 e. The van der Waals surface area contributed by atoms with Gasteiger partial charge in [0.2, 0.25) is 0 Å². The second kappa shape index (κ2) is 5.33. The highest BCUT2D eigenvalue weighted by Crippen LogP contribution is 2.23. The third-order valence-corrected chi connectivity index (χ3v) is 4.45. The van der Waals surface area contributed by atoms with Gasteiger partial charge in [0.05, 0.1) is 10.6 Å². The molecular weight excluding hydrogens is 298 g/mol. The van der Waals surface area contributed by atoms with Crippen LogP contribution in [0.4, 0.5) is 20.2 Å². The van der Waals surface area contributed by atoms with Crippen molar-refractivity contribution in [1.82, 2.24) is 0 Å². The van der Waals surface area contributed by atoms with Crippen LogP contribution in [0.15, 0.2) is 35.2 Å². The maximum absolute atomic E-state index is 13.6. The van der Waals surface area contributed by atoms with Crippen molar-refractivity contribution in [2.75, 3.05) is 10.5 Å². The van der Waals surface area contributed by atoms with Crippen LogP contribution >= 0.6 is 0 Å². The predicted octanol–water partition coefficient (Wildman–Crippen LogP) is 2.96. The van der Waals surface area contributed by atoms with E-state index in [1.54, 1.807) is 6.92 Å². The number of nitrogen functional groups attached to an aromatic ring is 1. The lowest BCUT2D eigenvalue weighted by Gasteiger charge is -2.11. The molecule has 0 aromatic heterocycles. The van der Waals surface area contributed by atoms with Crippen molar-refractivity contribution in [3.05, 3.63) is 53.1 Å². The van der Waals surface area contributed by atoms with Gasteiger partial charge in [-0.25, -0.2) is 17.2 Å². The van der Waals surface area contributed by atoms with Gasteiger partial charge in [0.25, 0.3) is 10.0 Å². The fraction of sp³-hybridized carbons (Fsp3) is 0.143. The summed E-state index contributed by atoms with van der Waals surface area (Å²) < 4.78 is 53.5. The lowest BCUT2D eigenvalue weighted by Crippen LogP contribution is -2.14. The van der Waals surface area contributed by atoms with Crippen molar-refractivity contribution in [2.45, 2.75) is 18.7 Å². The SMILES string of the molecule is Cc1ccc(NS(=O)(=O)c2cc(N)c(C)c(F)c2)cc1F. The van der Waals surface area contributed by atoms with E-state index in [0.717, 1.165) is 18.2 Å². The van der Waals surface area contributed by atoms with Crippen LogP contribution in [0.3, 0.4) is 0 Å². The van der Waals surface area contributed by atoms with E-state index in [-0.39, 0.29) is 21.8 Å². The molecule has 3 N–H and O–H groups in total. The molecule has 4 nitrogen and oxygen atoms in total. The number of sulfonamides is 1. The van der Waals surface area contributed by atoms with Gasteiger partial charge in [0.1, 0.15) is 11.6 Å². The molecule has 0 spiro atoms. The van der Waals surface area contributed by atoms with E-state index >= 15 is 0 Å². The summed E-state index contributed by atoms with van der Waals surface area (Å²) in [7, 11) is -4.04. The number of hydrogen-bond acceptors (Lipinski definition) is 3. The zero-order valence-electron chi connectivity index (χ0n) is 11.4. The van der Waals surface area contributed by atoms with Crippen LogP contribution in [0, 0.1) is 25.5 Å². The van der Waals surface area contributed by atoms with Crippen LogP contribution < -0.4 is 10.5 Å². The van der Waals surface area contributed by atoms with Crippen molar-refractivity contribution in [3.8, 4) is 0 Å². The summed E-state index contributed by atoms with van der Waals surface area (Å²) in [5.74, 6) is -1.25. The Labute approximate surface area is 121 Å². The molecule has 0 aliphatic carbocycles. The summed E-state index contributed by atoms with van der Waals surface area (Å²) in [5, 5.41) is 0. The Kier molecular flexibility index (Phi) is 3.87. The first kappa shape index (κ1) is 15.2. The molecule has 0 radical (unpaired) electrons. The van der Waals surface area contributed by atoms with E-state index < -0.39 is 21.7 Å². The van der Waals surface area contributed by atoms with Crippen LogP contribution in [0.5, 0.6) is 0 Å². The molecule has 2 aromatic rings. The summed E-state index contributed by atoms with van der Waals surface area (Å²) in [6.45, 7) is 3.01. The van der Waals surface area contributed by atoms with Gasteiger partial charge in [-0.15, -0.1) is 0 Å². The number of halogens is 2. The van der Waals surface area contributed by atoms with Crippen molar-refractivity contribution >= 4 is 21.4 Å². The van der Waals surface area contributed by atoms with Crippen molar-refractivity contribution in [2.24, 2.45) is 0 Å². The molecule has 0 amide bonds. The van der Waals surface area contributed by atoms with Gasteiger partial charge in [-0.1, -0.05) is 6.07 Å². The molecule has 21 heavy (non-hydrogen) atoms. The van der Waals surface area contributed by atoms with E-state index in [2.05, 4.69) is 4.72 Å². The monoisotopic (exact) mass is 312 g/mol. The van der Waals surface area contributed by atoms with E-state index in [4.69, 9.17) is 5.73 Å². The van der Waals surface area contributed by atoms with Gasteiger partial charge in [0, 0.05) is 11.3 Å². The molecule has 112 valence electrons. The normalized spacial score (nSPS) is 11.4. The topological polar surface area (TPSA) is 72.2 Å². The number of aryl methyl sites for hydroxylation is 1. The zero-order valence-corrected chi connectivity index (χ0v) is 12.3. The number of benzene rings is 2. The number of nitrogens with one attached hydrogen (secondary N) is 1. The Bertz CT molecular complexity index is 782. The Balaban J connectivity index is 2.40. The van der Waals surface area contributed by atoms with Crippen LogP contribution in [0.2, 0.25) is 0 Å². The Morgan fingerprint density at radius 2 is 1.71 bits per heavy atom. The molecular formula is C14H14F2N2O2S. The molecule has 0 saturated heterocycles. The molecule has 0 saturated carbocycles. The van der Waals surface area contributed by atoms with Crippen molar-refractivity contribution in [3.63, 3.8) is 0 Å². The molecule has 2 aromatic carbocycles. The largest absolute Gasteiger partial charge is 0.398 e. The minimum atomic E-state index is -4.04. The highest BCUT2D eigenvalue weighted by Gasteiger charge is 2.18. The Morgan fingerprint density at radius 3 is 2.29 bits per heavy atom. The van der Waals surface area contributed by atoms with E-state index in [9.17, 15) is 17.2 Å². The quantitative estimate of drug-likeness (QED) is 0.856. The second-order valence-electron chi connectivity index (χ2n) is 4.69. The number of hydrogen-bond donors (Lipinski definition) is 2. The molecule has 0 aliphatic heterocycles. The second-order valence-corrected chi connectivity index (χ2v) is 6.37. The average molecular weight is 312 g/mol. The first-order valence-electron chi connectivity index (χ1n) is 6.05. The molecule has 0 unspecified atom stereocenters. The average Bonchev–Trinajstić information content (AvgIpc) is 2.39. The van der Waals surface area contributed by atoms with Gasteiger partial charge in [-0.2, -0.15) is 0 Å². The standard InChI is InChI=1S/C14H14F2N2O2S/c1-8-3-4-10(5-12(8)15)18-21(19,20)11-6-13(16)9(2)14(17)7-11/h3-7,18H,17H2,1-2H3. The first-order chi connectivity index (χ1) is 9.70. The van der Waals surface area contributed by atoms with Gasteiger partial charge >= 0.3 is 0 Å². The lowest BCUT2D eigenvalue weighted by molar-refractivity contribution is 0.593. The molecule has 0 atom stereocenters. The Morgan fingerprint density at radius 1 is 1.05 bits per heavy atom. The number of rotatable bonds is 3. The van der Waals surface area contributed by atoms with Crippen LogP contribution in [-0.2, 0) is 10.0 Å². The number of nitrogens with two attached hydrogens (primary N) is 1. The smallest absolute Gasteiger partial charge is 0.262 e. The predicted molar refractivity (Wildman–Crippen MR) is 77.5 cm³/mol. The van der Waals surface area contributed by atoms with Crippen molar-refractivity contribution in [1.29, 1.82) is 0 Å². The van der Waals surface area contributed by atoms with Crippen LogP contribution in [-0.4, -0.2) is 8.42 Å². The summed E-state index contributed by atoms with van der Waals surface area (Å²) in [6.07, 6.45) is 0. The summed E-state index contributed by atoms with van der Waals surface area (Å²) >= 11 is 0. The summed E-state index contributed by atoms with van der Waals surface area (Å²) in [5.41, 5.74) is 6.22. The van der Waals surface area contributed by atoms with E-state index in [0.29, 0.717) is 5.56 Å². The molecule has 0 heterocycles. The molecule has 7 heteroatoms. The van der Waals surface area contributed by atoms with E-state index in [1.807, 2.05) is 0 Å². The van der Waals surface area contributed by atoms with Crippen LogP contribution in [0.25, 0.3) is 0 Å². The van der Waals surface area contributed by atoms with Gasteiger partial charge in [-0.3, -0.25) is 4.72 Å². The lowest BCUT2D eigenvalue weighted by atomic mass is 10.2. The molecule has 2 rings (SSSR count). The summed E-state index contributed by atoms with van der Waals surface area (Å²) in [6, 6.07) is 5.95. The third-order valence-electron chi connectivity index (χ3n) is 3.09. The van der Waals surface area contributed by atoms with Gasteiger partial charge in [0.15, 0.2) is 0 Å².